The maximum absolute atomic E-state index is 13.0. The van der Waals surface area contributed by atoms with Crippen molar-refractivity contribution >= 4 is 35.8 Å². The quantitative estimate of drug-likeness (QED) is 0.613. The van der Waals surface area contributed by atoms with Crippen LogP contribution in [-0.4, -0.2) is 44.5 Å². The lowest BCUT2D eigenvalue weighted by molar-refractivity contribution is -0.119. The topological polar surface area (TPSA) is 117 Å². The Balaban J connectivity index is 0.00000529. The highest BCUT2D eigenvalue weighted by Crippen LogP contribution is 2.36. The number of nitrogens with one attached hydrogen (secondary N) is 1. The van der Waals surface area contributed by atoms with Gasteiger partial charge in [0.15, 0.2) is 18.1 Å². The molecule has 11 heteroatoms. The summed E-state index contributed by atoms with van der Waals surface area (Å²) in [6.45, 7) is -2.25. The summed E-state index contributed by atoms with van der Waals surface area (Å²) in [7, 11) is 1.28. The van der Waals surface area contributed by atoms with E-state index in [4.69, 9.17) is 32.5 Å². The highest BCUT2D eigenvalue weighted by molar-refractivity contribution is 6.32. The van der Waals surface area contributed by atoms with Gasteiger partial charge in [0.2, 0.25) is 0 Å². The summed E-state index contributed by atoms with van der Waals surface area (Å²) in [5, 5.41) is 2.00. The zero-order valence-electron chi connectivity index (χ0n) is 12.6. The van der Waals surface area contributed by atoms with E-state index in [0.29, 0.717) is 0 Å². The maximum Gasteiger partial charge on any atom is 0.277 e. The maximum atomic E-state index is 13.0. The minimum Gasteiger partial charge on any atom is -0.493 e. The molecule has 0 aliphatic carbocycles. The van der Waals surface area contributed by atoms with Crippen LogP contribution in [0.15, 0.2) is 12.1 Å². The number of alkyl halides is 2. The summed E-state index contributed by atoms with van der Waals surface area (Å²) in [4.78, 5) is 22.6. The Kier molecular flexibility index (Phi) is 8.73. The highest BCUT2D eigenvalue weighted by atomic mass is 35.5. The molecule has 1 aromatic rings. The van der Waals surface area contributed by atoms with E-state index in [1.807, 2.05) is 5.32 Å². The molecule has 7 nitrogen and oxygen atoms in total. The van der Waals surface area contributed by atoms with Gasteiger partial charge in [-0.3, -0.25) is 9.59 Å². The van der Waals surface area contributed by atoms with Crippen molar-refractivity contribution in [1.29, 1.82) is 0 Å². The predicted molar refractivity (Wildman–Crippen MR) is 86.3 cm³/mol. The molecule has 136 valence electrons. The number of hydrogen-bond donors (Lipinski definition) is 3. The minimum atomic E-state index is -3.21. The second kappa shape index (κ2) is 9.45. The van der Waals surface area contributed by atoms with Crippen LogP contribution in [-0.2, 0) is 4.79 Å². The van der Waals surface area contributed by atoms with E-state index in [1.54, 1.807) is 0 Å². The highest BCUT2D eigenvalue weighted by Gasteiger charge is 2.27. The average Bonchev–Trinajstić information content (AvgIpc) is 2.50. The Bertz CT molecular complexity index is 603. The van der Waals surface area contributed by atoms with Crippen LogP contribution in [0.2, 0.25) is 5.02 Å². The summed E-state index contributed by atoms with van der Waals surface area (Å²) in [6.07, 6.45) is 0. The van der Waals surface area contributed by atoms with Crippen molar-refractivity contribution in [2.24, 2.45) is 11.5 Å². The number of benzene rings is 1. The zero-order valence-corrected chi connectivity index (χ0v) is 14.2. The second-order valence-electron chi connectivity index (χ2n) is 4.49. The smallest absolute Gasteiger partial charge is 0.277 e. The van der Waals surface area contributed by atoms with Crippen LogP contribution in [0.4, 0.5) is 8.78 Å². The molecule has 0 radical (unpaired) electrons. The van der Waals surface area contributed by atoms with Gasteiger partial charge in [-0.2, -0.15) is 0 Å². The molecule has 0 aliphatic rings. The van der Waals surface area contributed by atoms with Gasteiger partial charge in [0.1, 0.15) is 0 Å². The van der Waals surface area contributed by atoms with E-state index in [-0.39, 0.29) is 34.5 Å². The van der Waals surface area contributed by atoms with E-state index in [1.165, 1.54) is 19.2 Å². The lowest BCUT2D eigenvalue weighted by atomic mass is 10.1. The Morgan fingerprint density at radius 1 is 1.38 bits per heavy atom. The standard InChI is InChI=1S/C13H16ClF2N3O4.ClH/c1-22-9-3-7(12(21)19-6-13(15,16)5-17)2-8(14)11(9)23-4-10(18)20;/h2-3H,4-6,17H2,1H3,(H2,18,20)(H,19,21);1H. The van der Waals surface area contributed by atoms with E-state index in [9.17, 15) is 18.4 Å². The molecule has 0 saturated heterocycles. The third kappa shape index (κ3) is 6.34. The molecule has 0 fully saturated rings. The van der Waals surface area contributed by atoms with Crippen LogP contribution in [0.1, 0.15) is 10.4 Å². The van der Waals surface area contributed by atoms with Gasteiger partial charge < -0.3 is 26.3 Å². The number of carbonyl (C=O) groups excluding carboxylic acids is 2. The van der Waals surface area contributed by atoms with Crippen molar-refractivity contribution in [2.45, 2.75) is 5.92 Å². The van der Waals surface area contributed by atoms with Gasteiger partial charge in [0.05, 0.1) is 25.2 Å². The summed E-state index contributed by atoms with van der Waals surface area (Å²) >= 11 is 5.95. The number of primary amides is 1. The van der Waals surface area contributed by atoms with Crippen molar-refractivity contribution in [3.05, 3.63) is 22.7 Å². The first-order valence-corrected chi connectivity index (χ1v) is 6.72. The van der Waals surface area contributed by atoms with Crippen LogP contribution in [0.5, 0.6) is 11.5 Å². The first-order chi connectivity index (χ1) is 10.7. The molecule has 0 heterocycles. The van der Waals surface area contributed by atoms with Gasteiger partial charge in [0.25, 0.3) is 17.7 Å². The second-order valence-corrected chi connectivity index (χ2v) is 4.89. The normalized spacial score (nSPS) is 10.5. The summed E-state index contributed by atoms with van der Waals surface area (Å²) in [5.74, 6) is -4.67. The fourth-order valence-electron chi connectivity index (χ4n) is 1.52. The number of nitrogens with two attached hydrogens (primary N) is 2. The Morgan fingerprint density at radius 3 is 2.50 bits per heavy atom. The number of carbonyl (C=O) groups is 2. The molecule has 1 rings (SSSR count). The van der Waals surface area contributed by atoms with Crippen LogP contribution in [0.3, 0.4) is 0 Å². The van der Waals surface area contributed by atoms with Gasteiger partial charge >= 0.3 is 0 Å². The molecule has 2 amide bonds. The minimum absolute atomic E-state index is 0. The van der Waals surface area contributed by atoms with Gasteiger partial charge in [-0.15, -0.1) is 12.4 Å². The molecule has 0 saturated carbocycles. The van der Waals surface area contributed by atoms with Crippen LogP contribution < -0.4 is 26.3 Å². The molecule has 24 heavy (non-hydrogen) atoms. The number of hydrogen-bond acceptors (Lipinski definition) is 5. The van der Waals surface area contributed by atoms with E-state index in [2.05, 4.69) is 0 Å². The van der Waals surface area contributed by atoms with Gasteiger partial charge in [-0.05, 0) is 12.1 Å². The molecule has 0 spiro atoms. The molecule has 5 N–H and O–H groups in total. The lowest BCUT2D eigenvalue weighted by Gasteiger charge is -2.16. The molecular weight excluding hydrogens is 371 g/mol. The lowest BCUT2D eigenvalue weighted by Crippen LogP contribution is -2.41. The summed E-state index contributed by atoms with van der Waals surface area (Å²) in [5.41, 5.74) is 9.82. The molecular formula is C13H17Cl2F2N3O4. The number of amides is 2. The summed E-state index contributed by atoms with van der Waals surface area (Å²) in [6, 6.07) is 2.43. The molecule has 0 aromatic heterocycles. The van der Waals surface area contributed by atoms with Crippen LogP contribution in [0, 0.1) is 0 Å². The summed E-state index contributed by atoms with van der Waals surface area (Å²) < 4.78 is 36.2. The third-order valence-corrected chi connectivity index (χ3v) is 2.94. The molecule has 0 aliphatic heterocycles. The van der Waals surface area contributed by atoms with Crippen molar-refractivity contribution < 1.29 is 27.8 Å². The first-order valence-electron chi connectivity index (χ1n) is 6.35. The molecule has 0 unspecified atom stereocenters. The largest absolute Gasteiger partial charge is 0.493 e. The number of ether oxygens (including phenoxy) is 2. The van der Waals surface area contributed by atoms with Gasteiger partial charge in [0, 0.05) is 5.56 Å². The first kappa shape index (κ1) is 22.2. The van der Waals surface area contributed by atoms with Crippen molar-refractivity contribution in [2.75, 3.05) is 26.8 Å². The monoisotopic (exact) mass is 387 g/mol. The van der Waals surface area contributed by atoms with E-state index >= 15 is 0 Å². The fourth-order valence-corrected chi connectivity index (χ4v) is 1.78. The van der Waals surface area contributed by atoms with Crippen molar-refractivity contribution in [3.63, 3.8) is 0 Å². The fraction of sp³-hybridized carbons (Fsp3) is 0.385. The van der Waals surface area contributed by atoms with Crippen molar-refractivity contribution in [1.82, 2.24) is 5.32 Å². The molecule has 0 atom stereocenters. The van der Waals surface area contributed by atoms with Gasteiger partial charge in [-0.1, -0.05) is 11.6 Å². The van der Waals surface area contributed by atoms with E-state index in [0.717, 1.165) is 0 Å². The van der Waals surface area contributed by atoms with E-state index < -0.39 is 37.4 Å². The number of methoxy groups -OCH3 is 1. The Morgan fingerprint density at radius 2 is 2.00 bits per heavy atom. The van der Waals surface area contributed by atoms with Crippen LogP contribution in [0.25, 0.3) is 0 Å². The molecule has 0 bridgehead atoms. The third-order valence-electron chi connectivity index (χ3n) is 2.66. The number of rotatable bonds is 8. The Labute approximate surface area is 148 Å². The molecule has 1 aromatic carbocycles. The van der Waals surface area contributed by atoms with Crippen LogP contribution >= 0.6 is 24.0 Å². The number of halogens is 4. The Hall–Kier alpha value is -1.84. The SMILES string of the molecule is COc1cc(C(=O)NCC(F)(F)CN)cc(Cl)c1OCC(N)=O.Cl. The van der Waals surface area contributed by atoms with Gasteiger partial charge in [-0.25, -0.2) is 8.78 Å². The predicted octanol–water partition coefficient (Wildman–Crippen LogP) is 0.958. The van der Waals surface area contributed by atoms with Crippen molar-refractivity contribution in [3.8, 4) is 11.5 Å². The average molecular weight is 388 g/mol. The zero-order chi connectivity index (χ0) is 17.6.